The molecule has 0 radical (unpaired) electrons. The van der Waals surface area contributed by atoms with Gasteiger partial charge in [0, 0.05) is 42.3 Å². The van der Waals surface area contributed by atoms with E-state index in [0.29, 0.717) is 40.9 Å². The maximum Gasteiger partial charge on any atom is 0.259 e. The van der Waals surface area contributed by atoms with E-state index in [1.807, 2.05) is 63.2 Å². The van der Waals surface area contributed by atoms with E-state index in [1.54, 1.807) is 19.2 Å². The molecule has 2 aromatic carbocycles. The first kappa shape index (κ1) is 36.8. The molecule has 3 fully saturated rings. The molecule has 3 aliphatic rings. The summed E-state index contributed by atoms with van der Waals surface area (Å²) < 4.78 is 39.6. The van der Waals surface area contributed by atoms with E-state index in [1.165, 1.54) is 17.9 Å². The lowest BCUT2D eigenvalue weighted by Gasteiger charge is -2.35. The Morgan fingerprint density at radius 2 is 1.79 bits per heavy atom. The summed E-state index contributed by atoms with van der Waals surface area (Å²) in [6.07, 6.45) is 1.94. The van der Waals surface area contributed by atoms with Crippen LogP contribution in [-0.4, -0.2) is 84.6 Å². The van der Waals surface area contributed by atoms with E-state index in [4.69, 9.17) is 14.5 Å². The first-order chi connectivity index (χ1) is 24.6. The van der Waals surface area contributed by atoms with Gasteiger partial charge in [-0.2, -0.15) is 0 Å². The number of hydrogen-bond acceptors (Lipinski definition) is 9. The average Bonchev–Trinajstić information content (AvgIpc) is 4.03. The predicted molar refractivity (Wildman–Crippen MR) is 195 cm³/mol. The second-order valence-electron chi connectivity index (χ2n) is 14.9. The molecule has 1 aliphatic heterocycles. The van der Waals surface area contributed by atoms with Crippen LogP contribution >= 0.6 is 0 Å². The van der Waals surface area contributed by atoms with Crippen LogP contribution in [0, 0.1) is 11.3 Å². The predicted octanol–water partition coefficient (Wildman–Crippen LogP) is 3.48. The van der Waals surface area contributed by atoms with Crippen LogP contribution in [0.25, 0.3) is 22.2 Å². The van der Waals surface area contributed by atoms with Gasteiger partial charge >= 0.3 is 0 Å². The van der Waals surface area contributed by atoms with E-state index in [-0.39, 0.29) is 19.4 Å². The number of benzene rings is 2. The number of pyridine rings is 1. The zero-order chi connectivity index (χ0) is 37.6. The van der Waals surface area contributed by atoms with Crippen molar-refractivity contribution >= 4 is 44.6 Å². The van der Waals surface area contributed by atoms with Crippen molar-refractivity contribution in [1.82, 2.24) is 25.2 Å². The Bertz CT molecular complexity index is 2030. The van der Waals surface area contributed by atoms with Gasteiger partial charge in [-0.05, 0) is 36.8 Å². The summed E-state index contributed by atoms with van der Waals surface area (Å²) in [5.74, 6) is -1.80. The van der Waals surface area contributed by atoms with Crippen molar-refractivity contribution in [2.75, 3.05) is 13.7 Å². The summed E-state index contributed by atoms with van der Waals surface area (Å²) in [4.78, 5) is 60.6. The Morgan fingerprint density at radius 1 is 1.08 bits per heavy atom. The van der Waals surface area contributed by atoms with Crippen LogP contribution in [0.1, 0.15) is 53.4 Å². The largest absolute Gasteiger partial charge is 0.497 e. The number of nitrogens with zero attached hydrogens (tertiary/aromatic N) is 2. The van der Waals surface area contributed by atoms with Gasteiger partial charge in [0.1, 0.15) is 35.2 Å². The molecule has 0 bridgehead atoms. The molecule has 2 aliphatic carbocycles. The lowest BCUT2D eigenvalue weighted by Crippen LogP contribution is -2.60. The number of fused-ring (bicyclic) bond motifs is 1. The number of methoxy groups -OCH3 is 1. The smallest absolute Gasteiger partial charge is 0.259 e. The second kappa shape index (κ2) is 13.9. The molecular formula is C38H45N5O8S. The summed E-state index contributed by atoms with van der Waals surface area (Å²) in [6, 6.07) is 14.7. The minimum atomic E-state index is -3.89. The number of rotatable bonds is 12. The third kappa shape index (κ3) is 7.48. The number of hydrogen-bond donors (Lipinski definition) is 3. The zero-order valence-corrected chi connectivity index (χ0v) is 30.8. The fourth-order valence-corrected chi connectivity index (χ4v) is 8.11. The van der Waals surface area contributed by atoms with Crippen LogP contribution in [0.5, 0.6) is 11.5 Å². The molecular weight excluding hydrogens is 687 g/mol. The normalized spacial score (nSPS) is 23.3. The van der Waals surface area contributed by atoms with Gasteiger partial charge in [-0.3, -0.25) is 23.9 Å². The number of carbonyl (C=O) groups is 4. The fourth-order valence-electron chi connectivity index (χ4n) is 6.75. The standard InChI is InChI=1S/C38H45N5O8S/c1-7-24-20-38(24,36(47)42-52(48,49)27-14-15-27)41-34(45)31-18-26(21-43(31)35(46)33(37(3,4)5)39-22(2)44)51-32-19-29(23-11-9-8-10-12-23)40-30-17-25(50-6)13-16-28(30)32/h7-13,16-17,19,24,26-27,31,33H,1,14-15,18,20-21H2,2-6H3,(H,39,44)(H,41,45)(H,42,47). The Hall–Kier alpha value is -4.98. The SMILES string of the molecule is C=CC1CC1(NC(=O)C1CC(Oc2cc(-c3ccccc3)nc3cc(OC)ccc23)CN1C(=O)C(NC(C)=O)C(C)(C)C)C(=O)NS(=O)(=O)C1CC1. The van der Waals surface area contributed by atoms with Gasteiger partial charge < -0.3 is 25.0 Å². The van der Waals surface area contributed by atoms with E-state index >= 15 is 0 Å². The van der Waals surface area contributed by atoms with Crippen molar-refractivity contribution in [2.45, 2.75) is 82.4 Å². The number of aromatic nitrogens is 1. The maximum absolute atomic E-state index is 14.3. The number of amides is 4. The molecule has 2 saturated carbocycles. The number of likely N-dealkylation sites (tertiary alicyclic amines) is 1. The van der Waals surface area contributed by atoms with Crippen molar-refractivity contribution in [3.05, 3.63) is 67.3 Å². The van der Waals surface area contributed by atoms with E-state index < -0.39 is 74.0 Å². The molecule has 3 N–H and O–H groups in total. The maximum atomic E-state index is 14.3. The Morgan fingerprint density at radius 3 is 2.38 bits per heavy atom. The van der Waals surface area contributed by atoms with Gasteiger partial charge in [0.05, 0.1) is 30.1 Å². The highest BCUT2D eigenvalue weighted by Gasteiger charge is 2.62. The van der Waals surface area contributed by atoms with Gasteiger partial charge in [0.15, 0.2) is 0 Å². The molecule has 1 aromatic heterocycles. The molecule has 14 heteroatoms. The minimum absolute atomic E-state index is 0.0101. The summed E-state index contributed by atoms with van der Waals surface area (Å²) in [5, 5.41) is 5.61. The van der Waals surface area contributed by atoms with Crippen LogP contribution in [0.2, 0.25) is 0 Å². The van der Waals surface area contributed by atoms with Crippen LogP contribution in [0.15, 0.2) is 67.3 Å². The van der Waals surface area contributed by atoms with Gasteiger partial charge in [-0.25, -0.2) is 13.4 Å². The van der Waals surface area contributed by atoms with Crippen LogP contribution < -0.4 is 24.8 Å². The number of sulfonamides is 1. The molecule has 13 nitrogen and oxygen atoms in total. The van der Waals surface area contributed by atoms with Crippen molar-refractivity contribution < 1.29 is 37.1 Å². The molecule has 4 amide bonds. The molecule has 6 rings (SSSR count). The Kier molecular flexibility index (Phi) is 9.81. The highest BCUT2D eigenvalue weighted by atomic mass is 32.2. The van der Waals surface area contributed by atoms with E-state index in [9.17, 15) is 27.6 Å². The van der Waals surface area contributed by atoms with Gasteiger partial charge in [-0.1, -0.05) is 57.2 Å². The number of carbonyl (C=O) groups excluding carboxylic acids is 4. The monoisotopic (exact) mass is 731 g/mol. The summed E-state index contributed by atoms with van der Waals surface area (Å²) >= 11 is 0. The third-order valence-electron chi connectivity index (χ3n) is 9.90. The van der Waals surface area contributed by atoms with Crippen molar-refractivity contribution in [3.63, 3.8) is 0 Å². The van der Waals surface area contributed by atoms with Crippen molar-refractivity contribution in [1.29, 1.82) is 0 Å². The first-order valence-electron chi connectivity index (χ1n) is 17.4. The molecule has 52 heavy (non-hydrogen) atoms. The van der Waals surface area contributed by atoms with Gasteiger partial charge in [-0.15, -0.1) is 6.58 Å². The number of nitrogens with one attached hydrogen (secondary N) is 3. The zero-order valence-electron chi connectivity index (χ0n) is 30.0. The molecule has 0 spiro atoms. The average molecular weight is 732 g/mol. The molecule has 1 saturated heterocycles. The number of ether oxygens (including phenoxy) is 2. The van der Waals surface area contributed by atoms with Crippen LogP contribution in [-0.2, 0) is 29.2 Å². The lowest BCUT2D eigenvalue weighted by atomic mass is 9.85. The molecule has 5 unspecified atom stereocenters. The lowest BCUT2D eigenvalue weighted by molar-refractivity contribution is -0.144. The molecule has 5 atom stereocenters. The van der Waals surface area contributed by atoms with Gasteiger partial charge in [0.25, 0.3) is 5.91 Å². The summed E-state index contributed by atoms with van der Waals surface area (Å²) in [7, 11) is -2.32. The Balaban J connectivity index is 1.34. The summed E-state index contributed by atoms with van der Waals surface area (Å²) in [5.41, 5.74) is -0.146. The molecule has 276 valence electrons. The topological polar surface area (TPSA) is 173 Å². The van der Waals surface area contributed by atoms with E-state index in [0.717, 1.165) is 5.56 Å². The highest BCUT2D eigenvalue weighted by Crippen LogP contribution is 2.46. The summed E-state index contributed by atoms with van der Waals surface area (Å²) in [6.45, 7) is 10.5. The van der Waals surface area contributed by atoms with Crippen LogP contribution in [0.4, 0.5) is 0 Å². The second-order valence-corrected chi connectivity index (χ2v) is 16.9. The Labute approximate surface area is 303 Å². The highest BCUT2D eigenvalue weighted by molar-refractivity contribution is 7.91. The van der Waals surface area contributed by atoms with E-state index in [2.05, 4.69) is 21.9 Å². The van der Waals surface area contributed by atoms with Gasteiger partial charge in [0.2, 0.25) is 27.7 Å². The molecule has 2 heterocycles. The van der Waals surface area contributed by atoms with Crippen LogP contribution in [0.3, 0.4) is 0 Å². The minimum Gasteiger partial charge on any atom is -0.497 e. The third-order valence-corrected chi connectivity index (χ3v) is 11.7. The first-order valence-corrected chi connectivity index (χ1v) is 18.9. The quantitative estimate of drug-likeness (QED) is 0.236. The fraction of sp³-hybridized carbons (Fsp3) is 0.447. The molecule has 3 aromatic rings. The van der Waals surface area contributed by atoms with Crippen molar-refractivity contribution in [3.8, 4) is 22.8 Å². The van der Waals surface area contributed by atoms with Crippen molar-refractivity contribution in [2.24, 2.45) is 11.3 Å².